The van der Waals surface area contributed by atoms with Gasteiger partial charge in [0.1, 0.15) is 4.90 Å². The third-order valence-electron chi connectivity index (χ3n) is 2.26. The standard InChI is InChI=1S/C10H14N6O3S/c1-3-11-10-12-4-8(5-13-10)20(17,18)14-6-9-15-7(2)19-16-9/h4-5,14H,3,6H2,1-2H3,(H,11,12,13). The Morgan fingerprint density at radius 2 is 2.00 bits per heavy atom. The molecule has 0 spiro atoms. The van der Waals surface area contributed by atoms with Crippen LogP contribution < -0.4 is 10.0 Å². The maximum atomic E-state index is 12.0. The van der Waals surface area contributed by atoms with E-state index in [1.807, 2.05) is 6.92 Å². The summed E-state index contributed by atoms with van der Waals surface area (Å²) >= 11 is 0. The molecule has 0 unspecified atom stereocenters. The van der Waals surface area contributed by atoms with Crippen LogP contribution in [0.15, 0.2) is 21.8 Å². The number of hydrogen-bond acceptors (Lipinski definition) is 8. The van der Waals surface area contributed by atoms with E-state index in [1.165, 1.54) is 12.4 Å². The van der Waals surface area contributed by atoms with Crippen LogP contribution in [0.2, 0.25) is 0 Å². The summed E-state index contributed by atoms with van der Waals surface area (Å²) in [6, 6.07) is 0. The lowest BCUT2D eigenvalue weighted by atomic mass is 10.6. The van der Waals surface area contributed by atoms with Gasteiger partial charge in [-0.2, -0.15) is 4.98 Å². The van der Waals surface area contributed by atoms with Crippen molar-refractivity contribution in [1.29, 1.82) is 0 Å². The number of aromatic nitrogens is 4. The topological polar surface area (TPSA) is 123 Å². The van der Waals surface area contributed by atoms with E-state index in [9.17, 15) is 8.42 Å². The zero-order valence-corrected chi connectivity index (χ0v) is 11.8. The molecule has 9 nitrogen and oxygen atoms in total. The lowest BCUT2D eigenvalue weighted by molar-refractivity contribution is 0.387. The Morgan fingerprint density at radius 3 is 2.55 bits per heavy atom. The van der Waals surface area contributed by atoms with Crippen LogP contribution in [0.4, 0.5) is 5.95 Å². The minimum Gasteiger partial charge on any atom is -0.355 e. The predicted molar refractivity (Wildman–Crippen MR) is 69.3 cm³/mol. The second kappa shape index (κ2) is 5.92. The number of hydrogen-bond donors (Lipinski definition) is 2. The lowest BCUT2D eigenvalue weighted by Gasteiger charge is -2.05. The molecule has 2 rings (SSSR count). The fourth-order valence-corrected chi connectivity index (χ4v) is 2.23. The van der Waals surface area contributed by atoms with Gasteiger partial charge in [-0.05, 0) is 6.92 Å². The van der Waals surface area contributed by atoms with Crippen LogP contribution in [0.3, 0.4) is 0 Å². The van der Waals surface area contributed by atoms with Gasteiger partial charge < -0.3 is 9.84 Å². The van der Waals surface area contributed by atoms with Gasteiger partial charge in [0.05, 0.1) is 18.9 Å². The van der Waals surface area contributed by atoms with Crippen molar-refractivity contribution in [3.05, 3.63) is 24.1 Å². The number of nitrogens with zero attached hydrogens (tertiary/aromatic N) is 4. The first kappa shape index (κ1) is 14.3. The van der Waals surface area contributed by atoms with E-state index in [-0.39, 0.29) is 17.3 Å². The zero-order chi connectivity index (χ0) is 14.6. The van der Waals surface area contributed by atoms with Crippen molar-refractivity contribution in [2.45, 2.75) is 25.3 Å². The number of sulfonamides is 1. The van der Waals surface area contributed by atoms with E-state index in [0.29, 0.717) is 18.4 Å². The third kappa shape index (κ3) is 3.48. The van der Waals surface area contributed by atoms with Gasteiger partial charge in [-0.25, -0.2) is 23.1 Å². The van der Waals surface area contributed by atoms with Crippen molar-refractivity contribution in [3.63, 3.8) is 0 Å². The highest BCUT2D eigenvalue weighted by Crippen LogP contribution is 2.08. The van der Waals surface area contributed by atoms with Crippen LogP contribution in [-0.4, -0.2) is 35.1 Å². The minimum absolute atomic E-state index is 0.0284. The molecule has 0 amide bonds. The molecule has 0 saturated carbocycles. The second-order valence-corrected chi connectivity index (χ2v) is 5.59. The van der Waals surface area contributed by atoms with Crippen LogP contribution in [0, 0.1) is 6.92 Å². The highest BCUT2D eigenvalue weighted by atomic mass is 32.2. The maximum Gasteiger partial charge on any atom is 0.244 e. The molecule has 0 aliphatic carbocycles. The smallest absolute Gasteiger partial charge is 0.244 e. The highest BCUT2D eigenvalue weighted by Gasteiger charge is 2.16. The Bertz CT molecular complexity index is 667. The summed E-state index contributed by atoms with van der Waals surface area (Å²) < 4.78 is 31.1. The lowest BCUT2D eigenvalue weighted by Crippen LogP contribution is -2.24. The van der Waals surface area contributed by atoms with Crippen molar-refractivity contribution in [2.24, 2.45) is 0 Å². The average molecular weight is 298 g/mol. The Morgan fingerprint density at radius 1 is 1.30 bits per heavy atom. The normalized spacial score (nSPS) is 11.5. The summed E-state index contributed by atoms with van der Waals surface area (Å²) in [6.07, 6.45) is 2.46. The van der Waals surface area contributed by atoms with Crippen molar-refractivity contribution >= 4 is 16.0 Å². The molecule has 108 valence electrons. The number of nitrogens with one attached hydrogen (secondary N) is 2. The van der Waals surface area contributed by atoms with Crippen LogP contribution in [0.5, 0.6) is 0 Å². The molecule has 20 heavy (non-hydrogen) atoms. The monoisotopic (exact) mass is 298 g/mol. The molecule has 0 fully saturated rings. The quantitative estimate of drug-likeness (QED) is 0.768. The van der Waals surface area contributed by atoms with Crippen LogP contribution in [-0.2, 0) is 16.6 Å². The van der Waals surface area contributed by atoms with Crippen molar-refractivity contribution < 1.29 is 12.9 Å². The van der Waals surface area contributed by atoms with Gasteiger partial charge in [0.2, 0.25) is 21.9 Å². The molecule has 0 radical (unpaired) electrons. The maximum absolute atomic E-state index is 12.0. The molecule has 0 aliphatic rings. The Hall–Kier alpha value is -2.07. The number of aryl methyl sites for hydroxylation is 1. The fourth-order valence-electron chi connectivity index (χ4n) is 1.36. The van der Waals surface area contributed by atoms with E-state index >= 15 is 0 Å². The van der Waals surface area contributed by atoms with E-state index in [2.05, 4.69) is 30.1 Å². The van der Waals surface area contributed by atoms with E-state index in [4.69, 9.17) is 4.52 Å². The summed E-state index contributed by atoms with van der Waals surface area (Å²) in [5.41, 5.74) is 0. The van der Waals surface area contributed by atoms with Crippen molar-refractivity contribution in [1.82, 2.24) is 24.8 Å². The zero-order valence-electron chi connectivity index (χ0n) is 11.0. The Balaban J connectivity index is 2.05. The minimum atomic E-state index is -3.71. The summed E-state index contributed by atoms with van der Waals surface area (Å²) in [5, 5.41) is 6.47. The summed E-state index contributed by atoms with van der Waals surface area (Å²) in [7, 11) is -3.71. The van der Waals surface area contributed by atoms with Crippen LogP contribution in [0.25, 0.3) is 0 Å². The molecular weight excluding hydrogens is 284 g/mol. The van der Waals surface area contributed by atoms with Gasteiger partial charge in [0.25, 0.3) is 0 Å². The van der Waals surface area contributed by atoms with Gasteiger partial charge in [0, 0.05) is 13.5 Å². The first-order valence-electron chi connectivity index (χ1n) is 5.86. The summed E-state index contributed by atoms with van der Waals surface area (Å²) in [6.45, 7) is 4.11. The summed E-state index contributed by atoms with van der Waals surface area (Å²) in [5.74, 6) is 1.01. The van der Waals surface area contributed by atoms with E-state index in [1.54, 1.807) is 6.92 Å². The molecule has 2 aromatic heterocycles. The van der Waals surface area contributed by atoms with Gasteiger partial charge in [-0.3, -0.25) is 0 Å². The molecule has 2 heterocycles. The molecule has 0 aliphatic heterocycles. The first-order valence-corrected chi connectivity index (χ1v) is 7.34. The third-order valence-corrected chi connectivity index (χ3v) is 3.62. The van der Waals surface area contributed by atoms with Gasteiger partial charge >= 0.3 is 0 Å². The number of rotatable bonds is 6. The molecule has 2 N–H and O–H groups in total. The van der Waals surface area contributed by atoms with Crippen molar-refractivity contribution in [3.8, 4) is 0 Å². The molecule has 10 heteroatoms. The van der Waals surface area contributed by atoms with E-state index in [0.717, 1.165) is 0 Å². The van der Waals surface area contributed by atoms with E-state index < -0.39 is 10.0 Å². The SMILES string of the molecule is CCNc1ncc(S(=O)(=O)NCc2noc(C)n2)cn1. The first-order chi connectivity index (χ1) is 9.51. The molecule has 2 aromatic rings. The average Bonchev–Trinajstić information content (AvgIpc) is 2.84. The molecule has 0 bridgehead atoms. The van der Waals surface area contributed by atoms with Gasteiger partial charge in [-0.1, -0.05) is 5.16 Å². The second-order valence-electron chi connectivity index (χ2n) is 3.83. The number of anilines is 1. The van der Waals surface area contributed by atoms with Crippen molar-refractivity contribution in [2.75, 3.05) is 11.9 Å². The Labute approximate surface area is 115 Å². The fraction of sp³-hybridized carbons (Fsp3) is 0.400. The molecule has 0 aromatic carbocycles. The predicted octanol–water partition coefficient (Wildman–Crippen LogP) is 0.0783. The van der Waals surface area contributed by atoms with Gasteiger partial charge in [0.15, 0.2) is 5.82 Å². The largest absolute Gasteiger partial charge is 0.355 e. The summed E-state index contributed by atoms with van der Waals surface area (Å²) in [4.78, 5) is 11.7. The Kier molecular flexibility index (Phi) is 4.25. The van der Waals surface area contributed by atoms with Crippen LogP contribution >= 0.6 is 0 Å². The molecule has 0 saturated heterocycles. The molecular formula is C10H14N6O3S. The van der Waals surface area contributed by atoms with Gasteiger partial charge in [-0.15, -0.1) is 0 Å². The highest BCUT2D eigenvalue weighted by molar-refractivity contribution is 7.89. The molecule has 0 atom stereocenters. The van der Waals surface area contributed by atoms with Crippen LogP contribution in [0.1, 0.15) is 18.6 Å².